The van der Waals surface area contributed by atoms with E-state index in [4.69, 9.17) is 0 Å². The van der Waals surface area contributed by atoms with Gasteiger partial charge in [0, 0.05) is 30.9 Å². The minimum absolute atomic E-state index is 0.0753. The zero-order valence-electron chi connectivity index (χ0n) is 21.0. The number of carbonyl (C=O) groups is 2. The van der Waals surface area contributed by atoms with Gasteiger partial charge in [-0.25, -0.2) is 8.42 Å². The number of anilines is 1. The van der Waals surface area contributed by atoms with Gasteiger partial charge in [0.15, 0.2) is 0 Å². The Kier molecular flexibility index (Phi) is 8.68. The van der Waals surface area contributed by atoms with Crippen molar-refractivity contribution in [3.63, 3.8) is 0 Å². The fourth-order valence-electron chi connectivity index (χ4n) is 4.29. The van der Waals surface area contributed by atoms with E-state index in [-0.39, 0.29) is 22.1 Å². The SMILES string of the molecule is CCN(CC)S(=O)(=O)c1ccc(NC(=O)c2ccc([C@@H]3SCC(=O)N3CCc3ccccc3)cc2)cc1. The van der Waals surface area contributed by atoms with E-state index in [0.717, 1.165) is 12.0 Å². The lowest BCUT2D eigenvalue weighted by Gasteiger charge is -2.24. The number of hydrogen-bond donors (Lipinski definition) is 1. The van der Waals surface area contributed by atoms with E-state index in [9.17, 15) is 18.0 Å². The highest BCUT2D eigenvalue weighted by Gasteiger charge is 2.32. The van der Waals surface area contributed by atoms with Crippen molar-refractivity contribution in [2.24, 2.45) is 0 Å². The third kappa shape index (κ3) is 6.23. The van der Waals surface area contributed by atoms with Crippen LogP contribution in [0.3, 0.4) is 0 Å². The standard InChI is InChI=1S/C28H31N3O4S2/c1-3-30(4-2)37(34,35)25-16-14-24(15-17-25)29-27(33)22-10-12-23(13-11-22)28-31(26(32)20-36-28)19-18-21-8-6-5-7-9-21/h5-17,28H,3-4,18-20H2,1-2H3,(H,29,33)/t28-/m0/s1. The van der Waals surface area contributed by atoms with Gasteiger partial charge in [-0.2, -0.15) is 4.31 Å². The van der Waals surface area contributed by atoms with E-state index in [0.29, 0.717) is 36.6 Å². The van der Waals surface area contributed by atoms with E-state index in [1.807, 2.05) is 35.2 Å². The molecule has 1 N–H and O–H groups in total. The van der Waals surface area contributed by atoms with Gasteiger partial charge in [-0.15, -0.1) is 11.8 Å². The Balaban J connectivity index is 1.40. The largest absolute Gasteiger partial charge is 0.326 e. The molecule has 1 aliphatic heterocycles. The Morgan fingerprint density at radius 2 is 1.62 bits per heavy atom. The third-order valence-electron chi connectivity index (χ3n) is 6.37. The molecule has 194 valence electrons. The highest BCUT2D eigenvalue weighted by Crippen LogP contribution is 2.38. The number of sulfonamides is 1. The van der Waals surface area contributed by atoms with Crippen LogP contribution in [0.1, 0.15) is 40.7 Å². The summed E-state index contributed by atoms with van der Waals surface area (Å²) in [7, 11) is -3.55. The van der Waals surface area contributed by atoms with Gasteiger partial charge in [-0.1, -0.05) is 56.3 Å². The third-order valence-corrected chi connectivity index (χ3v) is 9.69. The predicted octanol–water partition coefficient (Wildman–Crippen LogP) is 4.79. The van der Waals surface area contributed by atoms with Crippen molar-refractivity contribution >= 4 is 39.3 Å². The summed E-state index contributed by atoms with van der Waals surface area (Å²) in [5, 5.41) is 2.74. The van der Waals surface area contributed by atoms with Crippen LogP contribution in [-0.2, 0) is 21.2 Å². The minimum atomic E-state index is -3.55. The maximum absolute atomic E-state index is 12.8. The van der Waals surface area contributed by atoms with Crippen LogP contribution in [0.15, 0.2) is 83.8 Å². The zero-order valence-corrected chi connectivity index (χ0v) is 22.6. The molecule has 7 nitrogen and oxygen atoms in total. The fourth-order valence-corrected chi connectivity index (χ4v) is 6.97. The van der Waals surface area contributed by atoms with Crippen molar-refractivity contribution in [2.45, 2.75) is 30.5 Å². The van der Waals surface area contributed by atoms with Gasteiger partial charge in [-0.3, -0.25) is 9.59 Å². The Hall–Kier alpha value is -3.14. The molecule has 9 heteroatoms. The molecule has 1 heterocycles. The number of amides is 2. The molecule has 3 aromatic rings. The summed E-state index contributed by atoms with van der Waals surface area (Å²) >= 11 is 1.60. The molecule has 3 aromatic carbocycles. The number of benzene rings is 3. The van der Waals surface area contributed by atoms with Gasteiger partial charge < -0.3 is 10.2 Å². The number of thioether (sulfide) groups is 1. The average molecular weight is 538 g/mol. The summed E-state index contributed by atoms with van der Waals surface area (Å²) in [6.07, 6.45) is 0.791. The molecule has 0 radical (unpaired) electrons. The summed E-state index contributed by atoms with van der Waals surface area (Å²) in [6.45, 7) is 5.03. The Labute approximate surface area is 222 Å². The van der Waals surface area contributed by atoms with Crippen LogP contribution in [0.25, 0.3) is 0 Å². The zero-order chi connectivity index (χ0) is 26.4. The molecule has 1 saturated heterocycles. The lowest BCUT2D eigenvalue weighted by atomic mass is 10.1. The van der Waals surface area contributed by atoms with Crippen molar-refractivity contribution in [1.29, 1.82) is 0 Å². The van der Waals surface area contributed by atoms with Crippen LogP contribution >= 0.6 is 11.8 Å². The van der Waals surface area contributed by atoms with Crippen molar-refractivity contribution in [1.82, 2.24) is 9.21 Å². The van der Waals surface area contributed by atoms with Gasteiger partial charge >= 0.3 is 0 Å². The molecular formula is C28H31N3O4S2. The van der Waals surface area contributed by atoms with Crippen LogP contribution in [-0.4, -0.2) is 54.8 Å². The van der Waals surface area contributed by atoms with E-state index < -0.39 is 10.0 Å². The summed E-state index contributed by atoms with van der Waals surface area (Å²) < 4.78 is 26.7. The predicted molar refractivity (Wildman–Crippen MR) is 148 cm³/mol. The van der Waals surface area contributed by atoms with Gasteiger partial charge in [0.2, 0.25) is 15.9 Å². The van der Waals surface area contributed by atoms with Crippen LogP contribution in [0.2, 0.25) is 0 Å². The smallest absolute Gasteiger partial charge is 0.255 e. The number of rotatable bonds is 10. The lowest BCUT2D eigenvalue weighted by Crippen LogP contribution is -2.30. The number of carbonyl (C=O) groups excluding carboxylic acids is 2. The molecule has 0 aromatic heterocycles. The normalized spacial score (nSPS) is 15.8. The molecular weight excluding hydrogens is 506 g/mol. The van der Waals surface area contributed by atoms with E-state index in [1.165, 1.54) is 22.0 Å². The fraction of sp³-hybridized carbons (Fsp3) is 0.286. The van der Waals surface area contributed by atoms with E-state index in [2.05, 4.69) is 17.4 Å². The van der Waals surface area contributed by atoms with Crippen molar-refractivity contribution in [3.05, 3.63) is 95.6 Å². The molecule has 0 aliphatic carbocycles. The summed E-state index contributed by atoms with van der Waals surface area (Å²) in [5.41, 5.74) is 3.16. The van der Waals surface area contributed by atoms with Gasteiger partial charge in [-0.05, 0) is 53.9 Å². The molecule has 2 amide bonds. The monoisotopic (exact) mass is 537 g/mol. The first-order valence-electron chi connectivity index (χ1n) is 12.3. The molecule has 37 heavy (non-hydrogen) atoms. The highest BCUT2D eigenvalue weighted by molar-refractivity contribution is 8.00. The molecule has 0 spiro atoms. The molecule has 1 atom stereocenters. The first-order valence-corrected chi connectivity index (χ1v) is 14.8. The van der Waals surface area contributed by atoms with E-state index in [1.54, 1.807) is 49.9 Å². The molecule has 0 saturated carbocycles. The second kappa shape index (κ2) is 11.9. The van der Waals surface area contributed by atoms with Gasteiger partial charge in [0.1, 0.15) is 5.37 Å². The average Bonchev–Trinajstić information content (AvgIpc) is 3.29. The second-order valence-corrected chi connectivity index (χ2v) is 11.7. The second-order valence-electron chi connectivity index (χ2n) is 8.68. The van der Waals surface area contributed by atoms with Crippen molar-refractivity contribution < 1.29 is 18.0 Å². The van der Waals surface area contributed by atoms with Crippen molar-refractivity contribution in [2.75, 3.05) is 30.7 Å². The van der Waals surface area contributed by atoms with Gasteiger partial charge in [0.25, 0.3) is 5.91 Å². The Morgan fingerprint density at radius 1 is 0.973 bits per heavy atom. The summed E-state index contributed by atoms with van der Waals surface area (Å²) in [5.74, 6) is 0.281. The van der Waals surface area contributed by atoms with Gasteiger partial charge in [0.05, 0.1) is 10.6 Å². The molecule has 4 rings (SSSR count). The molecule has 0 bridgehead atoms. The summed E-state index contributed by atoms with van der Waals surface area (Å²) in [6, 6.07) is 23.6. The van der Waals surface area contributed by atoms with E-state index >= 15 is 0 Å². The maximum atomic E-state index is 12.8. The lowest BCUT2D eigenvalue weighted by molar-refractivity contribution is -0.128. The number of hydrogen-bond acceptors (Lipinski definition) is 5. The van der Waals surface area contributed by atoms with Crippen LogP contribution in [0.5, 0.6) is 0 Å². The molecule has 1 aliphatic rings. The first kappa shape index (κ1) is 26.9. The number of nitrogens with one attached hydrogen (secondary N) is 1. The summed E-state index contributed by atoms with van der Waals surface area (Å²) in [4.78, 5) is 27.4. The Bertz CT molecular complexity index is 1320. The minimum Gasteiger partial charge on any atom is -0.326 e. The first-order chi connectivity index (χ1) is 17.8. The van der Waals surface area contributed by atoms with Crippen LogP contribution in [0.4, 0.5) is 5.69 Å². The van der Waals surface area contributed by atoms with Crippen LogP contribution in [0, 0.1) is 0 Å². The van der Waals surface area contributed by atoms with Crippen LogP contribution < -0.4 is 5.32 Å². The topological polar surface area (TPSA) is 86.8 Å². The number of nitrogens with zero attached hydrogens (tertiary/aromatic N) is 2. The molecule has 0 unspecified atom stereocenters. The maximum Gasteiger partial charge on any atom is 0.255 e. The Morgan fingerprint density at radius 3 is 2.24 bits per heavy atom. The quantitative estimate of drug-likeness (QED) is 0.402. The molecule has 1 fully saturated rings. The highest BCUT2D eigenvalue weighted by atomic mass is 32.2. The van der Waals surface area contributed by atoms with Crippen molar-refractivity contribution in [3.8, 4) is 0 Å².